The molecule has 3 rings (SSSR count). The number of hydrogen-bond donors (Lipinski definition) is 0. The monoisotopic (exact) mass is 364 g/mol. The molecule has 1 amide bonds. The Labute approximate surface area is 137 Å². The first-order valence-corrected chi connectivity index (χ1v) is 8.74. The lowest BCUT2D eigenvalue weighted by atomic mass is 9.77. The quantitative estimate of drug-likeness (QED) is 0.809. The smallest absolute Gasteiger partial charge is 0.239 e. The topological polar surface area (TPSA) is 33.2 Å². The zero-order chi connectivity index (χ0) is 14.9. The Morgan fingerprint density at radius 2 is 2.14 bits per heavy atom. The third-order valence-electron chi connectivity index (χ3n) is 4.25. The maximum Gasteiger partial charge on any atom is 0.239 e. The summed E-state index contributed by atoms with van der Waals surface area (Å²) in [5.41, 5.74) is 0.715. The summed E-state index contributed by atoms with van der Waals surface area (Å²) < 4.78 is 1.02. The van der Waals surface area contributed by atoms with E-state index in [9.17, 15) is 4.79 Å². The molecule has 0 spiro atoms. The fourth-order valence-electron chi connectivity index (χ4n) is 3.18. The number of hydrogen-bond acceptors (Lipinski definition) is 3. The van der Waals surface area contributed by atoms with Crippen LogP contribution in [-0.2, 0) is 10.2 Å². The summed E-state index contributed by atoms with van der Waals surface area (Å²) in [6.45, 7) is 0. The van der Waals surface area contributed by atoms with Crippen LogP contribution >= 0.6 is 27.3 Å². The molecule has 0 N–H and O–H groups in total. The number of nitrogens with zero attached hydrogens (tertiary/aromatic N) is 2. The second-order valence-corrected chi connectivity index (χ2v) is 7.27. The average molecular weight is 365 g/mol. The summed E-state index contributed by atoms with van der Waals surface area (Å²) in [6.07, 6.45) is 5.77. The molecule has 2 aromatic rings. The molecule has 0 saturated heterocycles. The first kappa shape index (κ1) is 14.7. The zero-order valence-electron chi connectivity index (χ0n) is 11.9. The molecule has 1 aliphatic rings. The standard InChI is InChI=1S/C16H17BrN2OS/c1-19(15-18-9-10-21-15)14(20)16(7-2-3-8-16)12-5-4-6-13(17)11-12/h4-6,9-11H,2-3,7-8H2,1H3. The number of benzene rings is 1. The Balaban J connectivity index is 1.99. The highest BCUT2D eigenvalue weighted by Crippen LogP contribution is 2.43. The molecule has 5 heteroatoms. The van der Waals surface area contributed by atoms with Crippen LogP contribution in [0, 0.1) is 0 Å². The zero-order valence-corrected chi connectivity index (χ0v) is 14.3. The van der Waals surface area contributed by atoms with Gasteiger partial charge in [0, 0.05) is 23.1 Å². The first-order valence-electron chi connectivity index (χ1n) is 7.07. The molecule has 1 aliphatic carbocycles. The van der Waals surface area contributed by atoms with Crippen molar-refractivity contribution in [2.75, 3.05) is 11.9 Å². The van der Waals surface area contributed by atoms with Crippen molar-refractivity contribution in [3.63, 3.8) is 0 Å². The lowest BCUT2D eigenvalue weighted by molar-refractivity contribution is -0.123. The summed E-state index contributed by atoms with van der Waals surface area (Å²) in [5.74, 6) is 0.160. The number of halogens is 1. The van der Waals surface area contributed by atoms with Crippen molar-refractivity contribution in [3.05, 3.63) is 45.9 Å². The average Bonchev–Trinajstić information content (AvgIpc) is 3.17. The van der Waals surface area contributed by atoms with Crippen LogP contribution in [0.1, 0.15) is 31.2 Å². The molecule has 0 radical (unpaired) electrons. The molecule has 110 valence electrons. The molecular formula is C16H17BrN2OS. The van der Waals surface area contributed by atoms with Crippen molar-refractivity contribution in [2.24, 2.45) is 0 Å². The molecule has 0 atom stereocenters. The third-order valence-corrected chi connectivity index (χ3v) is 5.60. The summed E-state index contributed by atoms with van der Waals surface area (Å²) >= 11 is 5.02. The number of thiazole rings is 1. The second-order valence-electron chi connectivity index (χ2n) is 5.48. The van der Waals surface area contributed by atoms with E-state index in [1.807, 2.05) is 24.6 Å². The summed E-state index contributed by atoms with van der Waals surface area (Å²) in [6, 6.07) is 8.17. The van der Waals surface area contributed by atoms with Crippen LogP contribution in [0.15, 0.2) is 40.3 Å². The molecular weight excluding hydrogens is 348 g/mol. The minimum atomic E-state index is -0.399. The second kappa shape index (κ2) is 5.89. The lowest BCUT2D eigenvalue weighted by Crippen LogP contribution is -2.43. The van der Waals surface area contributed by atoms with Crippen LogP contribution in [-0.4, -0.2) is 17.9 Å². The van der Waals surface area contributed by atoms with E-state index in [4.69, 9.17) is 0 Å². The van der Waals surface area contributed by atoms with E-state index in [1.165, 1.54) is 11.3 Å². The van der Waals surface area contributed by atoms with E-state index in [2.05, 4.69) is 33.0 Å². The van der Waals surface area contributed by atoms with Gasteiger partial charge in [-0.25, -0.2) is 4.98 Å². The minimum absolute atomic E-state index is 0.160. The number of amides is 1. The van der Waals surface area contributed by atoms with Gasteiger partial charge in [0.05, 0.1) is 5.41 Å². The van der Waals surface area contributed by atoms with Crippen molar-refractivity contribution < 1.29 is 4.79 Å². The van der Waals surface area contributed by atoms with Gasteiger partial charge in [-0.1, -0.05) is 40.9 Å². The molecule has 21 heavy (non-hydrogen) atoms. The Morgan fingerprint density at radius 1 is 1.38 bits per heavy atom. The number of anilines is 1. The highest BCUT2D eigenvalue weighted by atomic mass is 79.9. The van der Waals surface area contributed by atoms with E-state index in [1.54, 1.807) is 11.1 Å². The molecule has 1 aromatic carbocycles. The maximum absolute atomic E-state index is 13.2. The van der Waals surface area contributed by atoms with Gasteiger partial charge < -0.3 is 0 Å². The summed E-state index contributed by atoms with van der Waals surface area (Å²) in [7, 11) is 1.83. The minimum Gasteiger partial charge on any atom is -0.290 e. The lowest BCUT2D eigenvalue weighted by Gasteiger charge is -2.32. The van der Waals surface area contributed by atoms with Gasteiger partial charge in [-0.2, -0.15) is 0 Å². The molecule has 0 aliphatic heterocycles. The molecule has 0 bridgehead atoms. The van der Waals surface area contributed by atoms with E-state index in [-0.39, 0.29) is 5.91 Å². The van der Waals surface area contributed by atoms with Crippen LogP contribution in [0.4, 0.5) is 5.13 Å². The highest BCUT2D eigenvalue weighted by Gasteiger charge is 2.44. The van der Waals surface area contributed by atoms with Gasteiger partial charge in [-0.3, -0.25) is 9.69 Å². The SMILES string of the molecule is CN(C(=O)C1(c2cccc(Br)c2)CCCC1)c1nccs1. The van der Waals surface area contributed by atoms with Crippen LogP contribution in [0.3, 0.4) is 0 Å². The van der Waals surface area contributed by atoms with Crippen molar-refractivity contribution in [1.29, 1.82) is 0 Å². The number of carbonyl (C=O) groups is 1. The van der Waals surface area contributed by atoms with Crippen LogP contribution in [0.25, 0.3) is 0 Å². The molecule has 1 saturated carbocycles. The van der Waals surface area contributed by atoms with Gasteiger partial charge in [0.25, 0.3) is 0 Å². The van der Waals surface area contributed by atoms with Crippen LogP contribution < -0.4 is 4.90 Å². The van der Waals surface area contributed by atoms with E-state index in [0.29, 0.717) is 0 Å². The molecule has 0 unspecified atom stereocenters. The largest absolute Gasteiger partial charge is 0.290 e. The molecule has 1 aromatic heterocycles. The Morgan fingerprint density at radius 3 is 2.76 bits per heavy atom. The van der Waals surface area contributed by atoms with Gasteiger partial charge in [0.2, 0.25) is 5.91 Å². The van der Waals surface area contributed by atoms with Crippen LogP contribution in [0.5, 0.6) is 0 Å². The Kier molecular flexibility index (Phi) is 4.13. The molecule has 1 fully saturated rings. The fraction of sp³-hybridized carbons (Fsp3) is 0.375. The maximum atomic E-state index is 13.2. The van der Waals surface area contributed by atoms with Gasteiger partial charge >= 0.3 is 0 Å². The summed E-state index contributed by atoms with van der Waals surface area (Å²) in [5, 5.41) is 2.67. The summed E-state index contributed by atoms with van der Waals surface area (Å²) in [4.78, 5) is 19.1. The normalized spacial score (nSPS) is 16.9. The highest BCUT2D eigenvalue weighted by molar-refractivity contribution is 9.10. The predicted molar refractivity (Wildman–Crippen MR) is 89.8 cm³/mol. The number of likely N-dealkylation sites (N-methyl/N-ethyl adjacent to an activating group) is 1. The molecule has 1 heterocycles. The van der Waals surface area contributed by atoms with Gasteiger partial charge in [-0.05, 0) is 30.5 Å². The number of carbonyl (C=O) groups excluding carboxylic acids is 1. The number of rotatable bonds is 3. The first-order chi connectivity index (χ1) is 10.1. The van der Waals surface area contributed by atoms with Crippen molar-refractivity contribution in [2.45, 2.75) is 31.1 Å². The van der Waals surface area contributed by atoms with Gasteiger partial charge in [0.15, 0.2) is 5.13 Å². The third kappa shape index (κ3) is 2.64. The van der Waals surface area contributed by atoms with Gasteiger partial charge in [-0.15, -0.1) is 11.3 Å². The van der Waals surface area contributed by atoms with Crippen molar-refractivity contribution in [3.8, 4) is 0 Å². The Bertz CT molecular complexity index is 635. The number of aromatic nitrogens is 1. The van der Waals surface area contributed by atoms with Crippen molar-refractivity contribution >= 4 is 38.3 Å². The van der Waals surface area contributed by atoms with Crippen molar-refractivity contribution in [1.82, 2.24) is 4.98 Å². The van der Waals surface area contributed by atoms with E-state index < -0.39 is 5.41 Å². The Hall–Kier alpha value is -1.20. The molecule has 3 nitrogen and oxygen atoms in total. The van der Waals surface area contributed by atoms with Gasteiger partial charge in [0.1, 0.15) is 0 Å². The predicted octanol–water partition coefficient (Wildman–Crippen LogP) is 4.38. The van der Waals surface area contributed by atoms with Crippen LogP contribution in [0.2, 0.25) is 0 Å². The fourth-order valence-corrected chi connectivity index (χ4v) is 4.19. The van der Waals surface area contributed by atoms with E-state index in [0.717, 1.165) is 40.9 Å². The van der Waals surface area contributed by atoms with E-state index >= 15 is 0 Å².